The summed E-state index contributed by atoms with van der Waals surface area (Å²) in [6, 6.07) is 18.2. The highest BCUT2D eigenvalue weighted by molar-refractivity contribution is 7.22. The summed E-state index contributed by atoms with van der Waals surface area (Å²) in [6.45, 7) is 2.53. The van der Waals surface area contributed by atoms with E-state index in [-0.39, 0.29) is 0 Å². The lowest BCUT2D eigenvalue weighted by atomic mass is 10.0. The topological polar surface area (TPSA) is 74.7 Å². The van der Waals surface area contributed by atoms with Gasteiger partial charge in [0, 0.05) is 23.0 Å². The molecule has 1 aliphatic rings. The van der Waals surface area contributed by atoms with Crippen molar-refractivity contribution in [2.24, 2.45) is 5.10 Å². The molecule has 0 radical (unpaired) electrons. The van der Waals surface area contributed by atoms with Crippen molar-refractivity contribution in [3.05, 3.63) is 72.1 Å². The molecule has 2 N–H and O–H groups in total. The molecule has 0 saturated heterocycles. The van der Waals surface area contributed by atoms with Crippen molar-refractivity contribution in [3.8, 4) is 16.9 Å². The predicted molar refractivity (Wildman–Crippen MR) is 121 cm³/mol. The van der Waals surface area contributed by atoms with Crippen molar-refractivity contribution in [2.45, 2.75) is 6.92 Å². The number of thiazole rings is 1. The highest BCUT2D eigenvalue weighted by Crippen LogP contribution is 2.29. The fraction of sp³-hybridized carbons (Fsp3) is 0.136. The van der Waals surface area contributed by atoms with Crippen LogP contribution in [0.15, 0.2) is 65.9 Å². The zero-order valence-corrected chi connectivity index (χ0v) is 17.4. The maximum Gasteiger partial charge on any atom is 0.207 e. The molecular weight excluding hydrogens is 396 g/mol. The molecule has 0 amide bonds. The van der Waals surface area contributed by atoms with Crippen molar-refractivity contribution in [1.82, 2.24) is 20.8 Å². The number of amidine groups is 1. The van der Waals surface area contributed by atoms with Crippen LogP contribution in [0.25, 0.3) is 21.3 Å². The first kappa shape index (κ1) is 18.4. The highest BCUT2D eigenvalue weighted by Gasteiger charge is 2.19. The van der Waals surface area contributed by atoms with Gasteiger partial charge in [-0.3, -0.25) is 15.8 Å². The number of aromatic nitrogens is 2. The van der Waals surface area contributed by atoms with E-state index in [1.54, 1.807) is 18.4 Å². The monoisotopic (exact) mass is 416 g/mol. The number of aryl methyl sites for hydroxylation is 1. The summed E-state index contributed by atoms with van der Waals surface area (Å²) < 4.78 is 6.42. The molecule has 0 saturated carbocycles. The van der Waals surface area contributed by atoms with E-state index in [4.69, 9.17) is 9.72 Å². The number of nitrogens with one attached hydrogen (secondary N) is 2. The second-order valence-corrected chi connectivity index (χ2v) is 7.88. The fourth-order valence-corrected chi connectivity index (χ4v) is 4.25. The first-order chi connectivity index (χ1) is 14.7. The minimum Gasteiger partial charge on any atom is -0.497 e. The molecule has 0 atom stereocenters. The number of nitrogens with zero attached hydrogens (tertiary/aromatic N) is 4. The van der Waals surface area contributed by atoms with Crippen molar-refractivity contribution in [3.63, 3.8) is 0 Å². The Balaban J connectivity index is 1.44. The van der Waals surface area contributed by atoms with Gasteiger partial charge >= 0.3 is 0 Å². The molecule has 4 aromatic rings. The summed E-state index contributed by atoms with van der Waals surface area (Å²) >= 11 is 1.64. The van der Waals surface area contributed by atoms with Crippen LogP contribution < -0.4 is 20.6 Å². The predicted octanol–water partition coefficient (Wildman–Crippen LogP) is 3.91. The number of methoxy groups -OCH3 is 1. The van der Waals surface area contributed by atoms with Gasteiger partial charge in [0.2, 0.25) is 5.13 Å². The first-order valence-electron chi connectivity index (χ1n) is 9.53. The molecule has 1 aliphatic heterocycles. The Morgan fingerprint density at radius 1 is 1.07 bits per heavy atom. The lowest BCUT2D eigenvalue weighted by Gasteiger charge is -2.28. The Kier molecular flexibility index (Phi) is 4.68. The molecule has 7 nitrogen and oxygen atoms in total. The van der Waals surface area contributed by atoms with Crippen LogP contribution in [-0.2, 0) is 0 Å². The Morgan fingerprint density at radius 3 is 2.70 bits per heavy atom. The highest BCUT2D eigenvalue weighted by atomic mass is 32.1. The summed E-state index contributed by atoms with van der Waals surface area (Å²) in [5.41, 5.74) is 11.4. The van der Waals surface area contributed by atoms with E-state index in [9.17, 15) is 0 Å². The van der Waals surface area contributed by atoms with Gasteiger partial charge in [0.1, 0.15) is 12.4 Å². The van der Waals surface area contributed by atoms with E-state index in [0.717, 1.165) is 43.5 Å². The average molecular weight is 417 g/mol. The van der Waals surface area contributed by atoms with E-state index >= 15 is 0 Å². The number of hydrogen-bond donors (Lipinski definition) is 2. The van der Waals surface area contributed by atoms with Gasteiger partial charge in [-0.1, -0.05) is 35.6 Å². The van der Waals surface area contributed by atoms with Crippen LogP contribution in [0.2, 0.25) is 0 Å². The standard InChI is InChI=1S/C22H20N6OS/c1-14-18(15-7-9-17(29-2)10-8-15)11-16(12-23-14)21-26-24-13-28(27-21)22-25-19-5-3-4-6-20(19)30-22/h3-12,24H,13H2,1-2H3,(H,26,27). The lowest BCUT2D eigenvalue weighted by Crippen LogP contribution is -2.51. The van der Waals surface area contributed by atoms with Crippen LogP contribution in [0.1, 0.15) is 11.3 Å². The van der Waals surface area contributed by atoms with Crippen LogP contribution in [-0.4, -0.2) is 29.6 Å². The van der Waals surface area contributed by atoms with Crippen LogP contribution >= 0.6 is 11.3 Å². The molecule has 30 heavy (non-hydrogen) atoms. The normalized spacial score (nSPS) is 13.5. The molecule has 0 fully saturated rings. The van der Waals surface area contributed by atoms with Crippen molar-refractivity contribution in [1.29, 1.82) is 0 Å². The second-order valence-electron chi connectivity index (χ2n) is 6.87. The van der Waals surface area contributed by atoms with Gasteiger partial charge in [0.05, 0.1) is 17.3 Å². The Labute approximate surface area is 178 Å². The van der Waals surface area contributed by atoms with Crippen LogP contribution in [0, 0.1) is 6.92 Å². The zero-order valence-electron chi connectivity index (χ0n) is 16.6. The Morgan fingerprint density at radius 2 is 1.90 bits per heavy atom. The summed E-state index contributed by atoms with van der Waals surface area (Å²) in [5.74, 6) is 1.53. The van der Waals surface area contributed by atoms with Gasteiger partial charge in [-0.2, -0.15) is 5.10 Å². The molecule has 0 aliphatic carbocycles. The largest absolute Gasteiger partial charge is 0.497 e. The number of benzene rings is 2. The number of hydrogen-bond acceptors (Lipinski definition) is 8. The van der Waals surface area contributed by atoms with E-state index in [2.05, 4.69) is 33.1 Å². The second kappa shape index (κ2) is 7.64. The number of fused-ring (bicyclic) bond motifs is 1. The SMILES string of the molecule is COc1ccc(-c2cc(C3=NNCN(c4nc5ccccc5s4)N3)cnc2C)cc1. The number of hydrazone groups is 1. The maximum absolute atomic E-state index is 5.27. The molecule has 0 bridgehead atoms. The number of anilines is 1. The Hall–Kier alpha value is -3.65. The van der Waals surface area contributed by atoms with Gasteiger partial charge in [-0.15, -0.1) is 0 Å². The first-order valence-corrected chi connectivity index (χ1v) is 10.3. The maximum atomic E-state index is 5.27. The third kappa shape index (κ3) is 3.42. The van der Waals surface area contributed by atoms with Crippen molar-refractivity contribution in [2.75, 3.05) is 18.8 Å². The fourth-order valence-electron chi connectivity index (χ4n) is 3.32. The molecule has 2 aromatic heterocycles. The van der Waals surface area contributed by atoms with E-state index in [0.29, 0.717) is 12.5 Å². The van der Waals surface area contributed by atoms with Gasteiger partial charge in [-0.05, 0) is 42.8 Å². The van der Waals surface area contributed by atoms with Gasteiger partial charge < -0.3 is 4.74 Å². The lowest BCUT2D eigenvalue weighted by molar-refractivity contribution is 0.415. The minimum atomic E-state index is 0.522. The summed E-state index contributed by atoms with van der Waals surface area (Å²) in [5, 5.41) is 7.29. The minimum absolute atomic E-state index is 0.522. The summed E-state index contributed by atoms with van der Waals surface area (Å²) in [7, 11) is 1.67. The van der Waals surface area contributed by atoms with Gasteiger partial charge in [-0.25, -0.2) is 9.99 Å². The van der Waals surface area contributed by atoms with Crippen molar-refractivity contribution >= 4 is 32.5 Å². The average Bonchev–Trinajstić information content (AvgIpc) is 3.24. The summed E-state index contributed by atoms with van der Waals surface area (Å²) in [4.78, 5) is 9.31. The summed E-state index contributed by atoms with van der Waals surface area (Å²) in [6.07, 6.45) is 1.83. The Bertz CT molecular complexity index is 1200. The van der Waals surface area contributed by atoms with Gasteiger partial charge in [0.15, 0.2) is 5.84 Å². The van der Waals surface area contributed by atoms with E-state index < -0.39 is 0 Å². The molecular formula is C22H20N6OS. The molecule has 8 heteroatoms. The van der Waals surface area contributed by atoms with E-state index in [1.807, 2.05) is 60.6 Å². The number of rotatable bonds is 4. The van der Waals surface area contributed by atoms with Crippen LogP contribution in [0.4, 0.5) is 5.13 Å². The molecule has 0 spiro atoms. The number of para-hydroxylation sites is 1. The van der Waals surface area contributed by atoms with E-state index in [1.165, 1.54) is 0 Å². The molecule has 2 aromatic carbocycles. The number of hydrazine groups is 1. The third-order valence-electron chi connectivity index (χ3n) is 4.94. The molecule has 150 valence electrons. The number of pyridine rings is 1. The smallest absolute Gasteiger partial charge is 0.207 e. The van der Waals surface area contributed by atoms with Crippen molar-refractivity contribution < 1.29 is 4.74 Å². The molecule has 0 unspecified atom stereocenters. The number of ether oxygens (including phenoxy) is 1. The van der Waals surface area contributed by atoms with Crippen LogP contribution in [0.5, 0.6) is 5.75 Å². The van der Waals surface area contributed by atoms with Gasteiger partial charge in [0.25, 0.3) is 0 Å². The third-order valence-corrected chi connectivity index (χ3v) is 5.99. The molecule has 5 rings (SSSR count). The zero-order chi connectivity index (χ0) is 20.5. The molecule has 3 heterocycles. The van der Waals surface area contributed by atoms with Crippen LogP contribution in [0.3, 0.4) is 0 Å². The quantitative estimate of drug-likeness (QED) is 0.525.